The van der Waals surface area contributed by atoms with Crippen LogP contribution >= 0.6 is 0 Å². The Bertz CT molecular complexity index is 1760. The zero-order chi connectivity index (χ0) is 25.5. The first kappa shape index (κ1) is 22.6. The number of amides is 1. The number of rotatable bonds is 6. The maximum Gasteiger partial charge on any atom is 0.224 e. The molecule has 0 atom stereocenters. The third-order valence-corrected chi connectivity index (χ3v) is 6.10. The number of nitrogens with zero attached hydrogens (tertiary/aromatic N) is 6. The molecule has 6 aromatic rings. The molecule has 0 saturated heterocycles. The van der Waals surface area contributed by atoms with E-state index in [1.165, 1.54) is 0 Å². The van der Waals surface area contributed by atoms with Crippen molar-refractivity contribution in [1.29, 1.82) is 0 Å². The van der Waals surface area contributed by atoms with Gasteiger partial charge in [-0.3, -0.25) is 19.9 Å². The molecule has 0 aliphatic rings. The number of pyridine rings is 2. The lowest BCUT2D eigenvalue weighted by Crippen LogP contribution is -2.13. The molecule has 0 bridgehead atoms. The van der Waals surface area contributed by atoms with E-state index in [-0.39, 0.29) is 11.8 Å². The number of aromatic amines is 2. The van der Waals surface area contributed by atoms with E-state index in [0.29, 0.717) is 23.6 Å². The van der Waals surface area contributed by atoms with Gasteiger partial charge in [0, 0.05) is 29.8 Å². The van der Waals surface area contributed by atoms with Crippen molar-refractivity contribution < 1.29 is 4.79 Å². The lowest BCUT2D eigenvalue weighted by Gasteiger charge is -2.09. The van der Waals surface area contributed by atoms with Gasteiger partial charge in [-0.1, -0.05) is 19.9 Å². The van der Waals surface area contributed by atoms with Crippen LogP contribution in [0.5, 0.6) is 0 Å². The fourth-order valence-corrected chi connectivity index (χ4v) is 4.40. The molecule has 0 unspecified atom stereocenters. The normalized spacial score (nSPS) is 11.6. The molecule has 10 nitrogen and oxygen atoms in total. The van der Waals surface area contributed by atoms with E-state index < -0.39 is 0 Å². The minimum atomic E-state index is -0.0221. The van der Waals surface area contributed by atoms with Gasteiger partial charge in [0.2, 0.25) is 5.91 Å². The van der Waals surface area contributed by atoms with Gasteiger partial charge < -0.3 is 14.9 Å². The molecule has 10 heteroatoms. The lowest BCUT2D eigenvalue weighted by atomic mass is 10.0. The predicted octanol–water partition coefficient (Wildman–Crippen LogP) is 5.04. The Balaban J connectivity index is 1.38. The highest BCUT2D eigenvalue weighted by Gasteiger charge is 2.16. The van der Waals surface area contributed by atoms with Gasteiger partial charge in [0.1, 0.15) is 11.2 Å². The van der Waals surface area contributed by atoms with Crippen molar-refractivity contribution in [3.8, 4) is 28.3 Å². The third kappa shape index (κ3) is 4.33. The number of fused-ring (bicyclic) bond motifs is 2. The van der Waals surface area contributed by atoms with Crippen LogP contribution in [-0.2, 0) is 4.79 Å². The van der Waals surface area contributed by atoms with Crippen LogP contribution in [-0.4, -0.2) is 45.6 Å². The first-order valence-electron chi connectivity index (χ1n) is 12.0. The van der Waals surface area contributed by atoms with Gasteiger partial charge in [0.25, 0.3) is 0 Å². The number of nitrogens with one attached hydrogen (secondary N) is 3. The maximum absolute atomic E-state index is 12.2. The third-order valence-electron chi connectivity index (χ3n) is 6.10. The van der Waals surface area contributed by atoms with E-state index >= 15 is 0 Å². The molecule has 1 amide bonds. The minimum Gasteiger partial charge on any atom is -0.335 e. The van der Waals surface area contributed by atoms with Crippen molar-refractivity contribution >= 4 is 33.5 Å². The van der Waals surface area contributed by atoms with Crippen LogP contribution in [0, 0.1) is 12.8 Å². The first-order valence-corrected chi connectivity index (χ1v) is 12.0. The SMILES string of the molecule is Cc1cn(-c2cncc3[nH]c(-c4n[nH]c5ccc(-c6cncc(NC(=O)CC(C)C)c6)cc45)nc23)cn1. The molecule has 0 fully saturated rings. The summed E-state index contributed by atoms with van der Waals surface area (Å²) in [6.07, 6.45) is 11.1. The number of hydrogen-bond acceptors (Lipinski definition) is 6. The number of benzene rings is 1. The molecule has 5 heterocycles. The summed E-state index contributed by atoms with van der Waals surface area (Å²) in [6, 6.07) is 7.97. The van der Waals surface area contributed by atoms with Gasteiger partial charge in [-0.2, -0.15) is 5.10 Å². The highest BCUT2D eigenvalue weighted by molar-refractivity contribution is 5.97. The van der Waals surface area contributed by atoms with Crippen LogP contribution in [0.3, 0.4) is 0 Å². The van der Waals surface area contributed by atoms with Gasteiger partial charge in [0.05, 0.1) is 53.0 Å². The quantitative estimate of drug-likeness (QED) is 0.299. The summed E-state index contributed by atoms with van der Waals surface area (Å²) in [4.78, 5) is 33.5. The number of hydrogen-bond donors (Lipinski definition) is 3. The van der Waals surface area contributed by atoms with Gasteiger partial charge >= 0.3 is 0 Å². The van der Waals surface area contributed by atoms with Crippen molar-refractivity contribution in [2.75, 3.05) is 5.32 Å². The second-order valence-electron chi connectivity index (χ2n) is 9.50. The highest BCUT2D eigenvalue weighted by Crippen LogP contribution is 2.31. The van der Waals surface area contributed by atoms with Crippen LogP contribution < -0.4 is 5.32 Å². The highest BCUT2D eigenvalue weighted by atomic mass is 16.1. The van der Waals surface area contributed by atoms with Crippen LogP contribution in [0.2, 0.25) is 0 Å². The summed E-state index contributed by atoms with van der Waals surface area (Å²) in [5, 5.41) is 11.5. The van der Waals surface area contributed by atoms with Gasteiger partial charge in [-0.15, -0.1) is 0 Å². The van der Waals surface area contributed by atoms with Crippen LogP contribution in [0.25, 0.3) is 50.3 Å². The van der Waals surface area contributed by atoms with E-state index in [9.17, 15) is 4.79 Å². The summed E-state index contributed by atoms with van der Waals surface area (Å²) < 4.78 is 1.91. The molecule has 1 aromatic carbocycles. The molecule has 184 valence electrons. The molecule has 6 rings (SSSR count). The number of carbonyl (C=O) groups excluding carboxylic acids is 1. The molecule has 0 aliphatic heterocycles. The number of carbonyl (C=O) groups is 1. The second kappa shape index (κ2) is 8.98. The molecule has 0 radical (unpaired) electrons. The standard InChI is InChI=1S/C27H25N9O/c1-15(2)6-24(37)31-19-7-18(9-28-10-19)17-4-5-21-20(8-17)25(35-34-21)27-32-22-11-29-12-23(26(22)33-27)36-13-16(3)30-14-36/h4-5,7-15H,6H2,1-3H3,(H,31,37)(H,32,33)(H,34,35). The molecular formula is C27H25N9O. The van der Waals surface area contributed by atoms with E-state index in [1.807, 2.05) is 49.7 Å². The smallest absolute Gasteiger partial charge is 0.224 e. The fraction of sp³-hybridized carbons (Fsp3) is 0.185. The van der Waals surface area contributed by atoms with Gasteiger partial charge in [-0.05, 0) is 36.6 Å². The van der Waals surface area contributed by atoms with Crippen molar-refractivity contribution in [3.63, 3.8) is 0 Å². The lowest BCUT2D eigenvalue weighted by molar-refractivity contribution is -0.116. The fourth-order valence-electron chi connectivity index (χ4n) is 4.40. The predicted molar refractivity (Wildman–Crippen MR) is 142 cm³/mol. The van der Waals surface area contributed by atoms with Crippen molar-refractivity contribution in [1.82, 2.24) is 39.7 Å². The first-order chi connectivity index (χ1) is 17.9. The summed E-state index contributed by atoms with van der Waals surface area (Å²) in [6.45, 7) is 5.98. The van der Waals surface area contributed by atoms with Crippen LogP contribution in [0.1, 0.15) is 26.0 Å². The van der Waals surface area contributed by atoms with E-state index in [4.69, 9.17) is 4.98 Å². The van der Waals surface area contributed by atoms with Crippen molar-refractivity contribution in [2.45, 2.75) is 27.2 Å². The average Bonchev–Trinajstić information content (AvgIpc) is 3.60. The Morgan fingerprint density at radius 1 is 1.05 bits per heavy atom. The maximum atomic E-state index is 12.2. The van der Waals surface area contributed by atoms with E-state index in [2.05, 4.69) is 41.5 Å². The molecule has 5 aromatic heterocycles. The molecule has 0 spiro atoms. The topological polar surface area (TPSA) is 130 Å². The Morgan fingerprint density at radius 2 is 1.92 bits per heavy atom. The zero-order valence-corrected chi connectivity index (χ0v) is 20.6. The zero-order valence-electron chi connectivity index (χ0n) is 20.6. The van der Waals surface area contributed by atoms with E-state index in [0.717, 1.165) is 44.4 Å². The molecule has 0 saturated carbocycles. The van der Waals surface area contributed by atoms with Crippen molar-refractivity contribution in [2.24, 2.45) is 5.92 Å². The number of aryl methyl sites for hydroxylation is 1. The molecule has 3 N–H and O–H groups in total. The van der Waals surface area contributed by atoms with Crippen LogP contribution in [0.15, 0.2) is 61.6 Å². The Hall–Kier alpha value is -4.86. The largest absolute Gasteiger partial charge is 0.335 e. The van der Waals surface area contributed by atoms with Gasteiger partial charge in [0.15, 0.2) is 5.82 Å². The summed E-state index contributed by atoms with van der Waals surface area (Å²) in [5.74, 6) is 0.899. The molecule has 37 heavy (non-hydrogen) atoms. The van der Waals surface area contributed by atoms with Crippen molar-refractivity contribution in [3.05, 3.63) is 67.3 Å². The second-order valence-corrected chi connectivity index (χ2v) is 9.50. The number of H-pyrrole nitrogens is 2. The Labute approximate surface area is 212 Å². The number of aromatic nitrogens is 8. The van der Waals surface area contributed by atoms with E-state index in [1.54, 1.807) is 31.1 Å². The summed E-state index contributed by atoms with van der Waals surface area (Å²) >= 11 is 0. The molecular weight excluding hydrogens is 466 g/mol. The Morgan fingerprint density at radius 3 is 2.73 bits per heavy atom. The van der Waals surface area contributed by atoms with Crippen LogP contribution in [0.4, 0.5) is 5.69 Å². The average molecular weight is 492 g/mol. The monoisotopic (exact) mass is 491 g/mol. The number of anilines is 1. The number of imidazole rings is 2. The summed E-state index contributed by atoms with van der Waals surface area (Å²) in [5.41, 5.74) is 7.44. The summed E-state index contributed by atoms with van der Waals surface area (Å²) in [7, 11) is 0. The minimum absolute atomic E-state index is 0.0221. The molecule has 0 aliphatic carbocycles. The Kier molecular flexibility index (Phi) is 5.48. The van der Waals surface area contributed by atoms with Gasteiger partial charge in [-0.25, -0.2) is 9.97 Å².